The summed E-state index contributed by atoms with van der Waals surface area (Å²) in [6, 6.07) is 7.04. The fourth-order valence-electron chi connectivity index (χ4n) is 1.90. The minimum atomic E-state index is -2.39. The summed E-state index contributed by atoms with van der Waals surface area (Å²) in [5.41, 5.74) is 0.671. The van der Waals surface area contributed by atoms with Gasteiger partial charge in [-0.25, -0.2) is 0 Å². The topological polar surface area (TPSA) is 63.6 Å². The van der Waals surface area contributed by atoms with Crippen LogP contribution < -0.4 is 4.74 Å². The fourth-order valence-corrected chi connectivity index (χ4v) is 3.14. The van der Waals surface area contributed by atoms with Gasteiger partial charge in [-0.2, -0.15) is 0 Å². The average molecular weight is 298 g/mol. The second-order valence-electron chi connectivity index (χ2n) is 5.42. The molecule has 0 bridgehead atoms. The van der Waals surface area contributed by atoms with E-state index in [0.717, 1.165) is 18.6 Å². The number of aliphatic carboxylic acids is 1. The van der Waals surface area contributed by atoms with Crippen LogP contribution in [0.4, 0.5) is 0 Å². The van der Waals surface area contributed by atoms with Gasteiger partial charge in [0.2, 0.25) is 0 Å². The molecule has 0 aromatic heterocycles. The summed E-state index contributed by atoms with van der Waals surface area (Å²) in [6.07, 6.45) is 2.24. The number of rotatable bonds is 8. The van der Waals surface area contributed by atoms with E-state index in [1.54, 1.807) is 37.6 Å². The molecule has 112 valence electrons. The molecule has 0 aliphatic heterocycles. The van der Waals surface area contributed by atoms with Gasteiger partial charge in [-0.1, -0.05) is 25.5 Å². The molecule has 0 saturated carbocycles. The summed E-state index contributed by atoms with van der Waals surface area (Å²) in [7, 11) is -2.39. The zero-order valence-electron chi connectivity index (χ0n) is 12.3. The Morgan fingerprint density at radius 3 is 2.35 bits per heavy atom. The highest BCUT2D eigenvalue weighted by atomic mass is 31.2. The normalized spacial score (nSPS) is 12.9. The molecule has 20 heavy (non-hydrogen) atoms. The number of carboxylic acid groups (broad SMARTS) is 1. The van der Waals surface area contributed by atoms with E-state index in [9.17, 15) is 14.5 Å². The molecule has 0 aliphatic rings. The molecule has 5 heteroatoms. The van der Waals surface area contributed by atoms with Crippen LogP contribution in [0, 0.1) is 0 Å². The van der Waals surface area contributed by atoms with Gasteiger partial charge in [0.1, 0.15) is 5.75 Å². The van der Waals surface area contributed by atoms with E-state index >= 15 is 0 Å². The highest BCUT2D eigenvalue weighted by Gasteiger charge is 2.25. The van der Waals surface area contributed by atoms with Crippen LogP contribution in [-0.2, 0) is 9.36 Å². The third-order valence-corrected chi connectivity index (χ3v) is 4.21. The average Bonchev–Trinajstić information content (AvgIpc) is 2.36. The van der Waals surface area contributed by atoms with Crippen LogP contribution in [0.15, 0.2) is 24.3 Å². The van der Waals surface area contributed by atoms with Crippen molar-refractivity contribution in [1.29, 1.82) is 0 Å². The van der Waals surface area contributed by atoms with Crippen molar-refractivity contribution in [2.75, 3.05) is 26.1 Å². The van der Waals surface area contributed by atoms with Crippen LogP contribution in [-0.4, -0.2) is 37.2 Å². The maximum Gasteiger partial charge on any atom is 0.311 e. The molecular formula is C15H23O4P. The van der Waals surface area contributed by atoms with Crippen molar-refractivity contribution < 1.29 is 19.2 Å². The smallest absolute Gasteiger partial charge is 0.311 e. The molecule has 0 radical (unpaired) electrons. The zero-order chi connectivity index (χ0) is 15.2. The van der Waals surface area contributed by atoms with E-state index in [-0.39, 0.29) is 6.16 Å². The first-order valence-electron chi connectivity index (χ1n) is 6.83. The first-order chi connectivity index (χ1) is 9.33. The lowest BCUT2D eigenvalue weighted by Gasteiger charge is -2.16. The summed E-state index contributed by atoms with van der Waals surface area (Å²) >= 11 is 0. The summed E-state index contributed by atoms with van der Waals surface area (Å²) in [5.74, 6) is -0.920. The largest absolute Gasteiger partial charge is 0.494 e. The zero-order valence-corrected chi connectivity index (χ0v) is 13.2. The van der Waals surface area contributed by atoms with Crippen molar-refractivity contribution in [2.24, 2.45) is 0 Å². The molecule has 1 N–H and O–H groups in total. The predicted molar refractivity (Wildman–Crippen MR) is 81.5 cm³/mol. The van der Waals surface area contributed by atoms with Crippen molar-refractivity contribution in [1.82, 2.24) is 0 Å². The quantitative estimate of drug-likeness (QED) is 0.587. The number of hydrogen-bond donors (Lipinski definition) is 1. The Morgan fingerprint density at radius 1 is 1.30 bits per heavy atom. The molecule has 1 aromatic carbocycles. The van der Waals surface area contributed by atoms with E-state index in [2.05, 4.69) is 6.92 Å². The molecule has 1 aromatic rings. The standard InChI is InChI=1S/C15H23O4P/c1-4-5-10-19-13-8-6-12(7-9-13)14(15(16)17)11-20(2,3)18/h6-9,14H,4-5,10-11H2,1-3H3,(H,16,17)/t14-/m0/s1. The van der Waals surface area contributed by atoms with Crippen LogP contribution in [0.2, 0.25) is 0 Å². The lowest BCUT2D eigenvalue weighted by atomic mass is 10.0. The molecule has 0 fully saturated rings. The van der Waals surface area contributed by atoms with Crippen molar-refractivity contribution in [2.45, 2.75) is 25.7 Å². The van der Waals surface area contributed by atoms with Gasteiger partial charge in [-0.15, -0.1) is 0 Å². The van der Waals surface area contributed by atoms with Crippen molar-refractivity contribution in [3.05, 3.63) is 29.8 Å². The lowest BCUT2D eigenvalue weighted by Crippen LogP contribution is -2.15. The van der Waals surface area contributed by atoms with Crippen molar-refractivity contribution in [3.63, 3.8) is 0 Å². The molecule has 4 nitrogen and oxygen atoms in total. The van der Waals surface area contributed by atoms with E-state index in [1.165, 1.54) is 0 Å². The Balaban J connectivity index is 2.78. The van der Waals surface area contributed by atoms with Crippen molar-refractivity contribution >= 4 is 13.1 Å². The van der Waals surface area contributed by atoms with Crippen LogP contribution in [0.3, 0.4) is 0 Å². The molecule has 1 atom stereocenters. The van der Waals surface area contributed by atoms with Gasteiger partial charge in [-0.3, -0.25) is 4.79 Å². The first kappa shape index (κ1) is 16.8. The molecular weight excluding hydrogens is 275 g/mol. The highest BCUT2D eigenvalue weighted by Crippen LogP contribution is 2.41. The monoisotopic (exact) mass is 298 g/mol. The third kappa shape index (κ3) is 5.79. The maximum absolute atomic E-state index is 11.9. The van der Waals surface area contributed by atoms with Gasteiger partial charge in [-0.05, 0) is 37.4 Å². The summed E-state index contributed by atoms with van der Waals surface area (Å²) in [4.78, 5) is 11.3. The molecule has 0 unspecified atom stereocenters. The van der Waals surface area contributed by atoms with Crippen LogP contribution in [0.5, 0.6) is 5.75 Å². The van der Waals surface area contributed by atoms with E-state index < -0.39 is 19.0 Å². The van der Waals surface area contributed by atoms with Gasteiger partial charge in [0.15, 0.2) is 0 Å². The highest BCUT2D eigenvalue weighted by molar-refractivity contribution is 7.62. The second kappa shape index (κ2) is 7.49. The van der Waals surface area contributed by atoms with Crippen LogP contribution in [0.1, 0.15) is 31.2 Å². The Hall–Kier alpha value is -1.28. The molecule has 0 heterocycles. The summed E-state index contributed by atoms with van der Waals surface area (Å²) in [6.45, 7) is 5.99. The number of benzene rings is 1. The molecule has 0 saturated heterocycles. The lowest BCUT2D eigenvalue weighted by molar-refractivity contribution is -0.138. The number of hydrogen-bond acceptors (Lipinski definition) is 3. The van der Waals surface area contributed by atoms with Gasteiger partial charge in [0.05, 0.1) is 19.7 Å². The minimum Gasteiger partial charge on any atom is -0.494 e. The van der Waals surface area contributed by atoms with E-state index in [4.69, 9.17) is 4.74 Å². The number of ether oxygens (including phenoxy) is 1. The first-order valence-corrected chi connectivity index (χ1v) is 9.61. The number of unbranched alkanes of at least 4 members (excludes halogenated alkanes) is 1. The summed E-state index contributed by atoms with van der Waals surface area (Å²) in [5, 5.41) is 9.28. The van der Waals surface area contributed by atoms with Crippen molar-refractivity contribution in [3.8, 4) is 5.75 Å². The Bertz CT molecular complexity index is 475. The third-order valence-electron chi connectivity index (χ3n) is 2.97. The Morgan fingerprint density at radius 2 is 1.90 bits per heavy atom. The van der Waals surface area contributed by atoms with Crippen LogP contribution in [0.25, 0.3) is 0 Å². The number of carboxylic acids is 1. The SMILES string of the molecule is CCCCOc1ccc([C@H](CP(C)(C)=O)C(=O)O)cc1. The van der Waals surface area contributed by atoms with E-state index in [1.807, 2.05) is 0 Å². The van der Waals surface area contributed by atoms with Crippen LogP contribution >= 0.6 is 7.14 Å². The summed E-state index contributed by atoms with van der Waals surface area (Å²) < 4.78 is 17.4. The molecule has 1 rings (SSSR count). The van der Waals surface area contributed by atoms with Gasteiger partial charge < -0.3 is 14.4 Å². The number of carbonyl (C=O) groups is 1. The van der Waals surface area contributed by atoms with E-state index in [0.29, 0.717) is 12.2 Å². The maximum atomic E-state index is 11.9. The Labute approximate surface area is 120 Å². The van der Waals surface area contributed by atoms with Gasteiger partial charge in [0, 0.05) is 6.16 Å². The van der Waals surface area contributed by atoms with Gasteiger partial charge >= 0.3 is 5.97 Å². The molecule has 0 amide bonds. The predicted octanol–water partition coefficient (Wildman–Crippen LogP) is 3.66. The second-order valence-corrected chi connectivity index (χ2v) is 8.93. The molecule has 0 aliphatic carbocycles. The minimum absolute atomic E-state index is 0.179. The fraction of sp³-hybridized carbons (Fsp3) is 0.533. The molecule has 0 spiro atoms. The Kier molecular flexibility index (Phi) is 6.28. The van der Waals surface area contributed by atoms with Gasteiger partial charge in [0.25, 0.3) is 0 Å².